The molecule has 18 heavy (non-hydrogen) atoms. The normalized spacial score (nSPS) is 19.1. The Hall–Kier alpha value is -1.20. The highest BCUT2D eigenvalue weighted by Crippen LogP contribution is 2.26. The second-order valence-corrected chi connectivity index (χ2v) is 5.05. The number of rotatable bonds is 5. The number of nitrogens with zero attached hydrogens (tertiary/aromatic N) is 2. The van der Waals surface area contributed by atoms with Crippen LogP contribution in [0.4, 0.5) is 0 Å². The molecule has 0 bridgehead atoms. The van der Waals surface area contributed by atoms with Gasteiger partial charge in [-0.2, -0.15) is 0 Å². The monoisotopic (exact) mass is 265 g/mol. The molecule has 1 unspecified atom stereocenters. The van der Waals surface area contributed by atoms with Gasteiger partial charge in [0.15, 0.2) is 5.96 Å². The molecule has 1 aliphatic heterocycles. The molecule has 0 fully saturated rings. The van der Waals surface area contributed by atoms with Gasteiger partial charge in [-0.05, 0) is 24.0 Å². The van der Waals surface area contributed by atoms with Crippen LogP contribution in [-0.4, -0.2) is 43.9 Å². The van der Waals surface area contributed by atoms with Crippen LogP contribution in [0.2, 0.25) is 0 Å². The van der Waals surface area contributed by atoms with E-state index in [0.717, 1.165) is 13.1 Å². The Morgan fingerprint density at radius 2 is 2.17 bits per heavy atom. The van der Waals surface area contributed by atoms with E-state index < -0.39 is 0 Å². The SMILES string of the molecule is COCCN1C(N)=NCC1c1ccc(SC)cc1. The lowest BCUT2D eigenvalue weighted by Gasteiger charge is -2.26. The maximum atomic E-state index is 5.92. The summed E-state index contributed by atoms with van der Waals surface area (Å²) in [7, 11) is 1.70. The Morgan fingerprint density at radius 1 is 1.44 bits per heavy atom. The number of hydrogen-bond acceptors (Lipinski definition) is 5. The third-order valence-electron chi connectivity index (χ3n) is 3.13. The average Bonchev–Trinajstić information content (AvgIpc) is 2.78. The summed E-state index contributed by atoms with van der Waals surface area (Å²) in [4.78, 5) is 7.71. The standard InChI is InChI=1S/C13H19N3OS/c1-17-8-7-16-12(9-15-13(16)14)10-3-5-11(18-2)6-4-10/h3-6,12H,7-9H2,1-2H3,(H2,14,15). The second kappa shape index (κ2) is 6.11. The van der Waals surface area contributed by atoms with Crippen molar-refractivity contribution in [2.75, 3.05) is 33.1 Å². The second-order valence-electron chi connectivity index (χ2n) is 4.17. The largest absolute Gasteiger partial charge is 0.383 e. The summed E-state index contributed by atoms with van der Waals surface area (Å²) in [5.41, 5.74) is 7.18. The van der Waals surface area contributed by atoms with Gasteiger partial charge in [-0.1, -0.05) is 12.1 Å². The number of hydrogen-bond donors (Lipinski definition) is 1. The Bertz CT molecular complexity index is 419. The molecule has 0 saturated heterocycles. The molecule has 2 rings (SSSR count). The molecule has 1 aromatic carbocycles. The van der Waals surface area contributed by atoms with Crippen LogP contribution in [0.15, 0.2) is 34.2 Å². The molecule has 1 aliphatic rings. The number of aliphatic imine (C=N–C) groups is 1. The number of guanidine groups is 1. The summed E-state index contributed by atoms with van der Waals surface area (Å²) in [6, 6.07) is 8.84. The summed E-state index contributed by atoms with van der Waals surface area (Å²) >= 11 is 1.75. The van der Waals surface area contributed by atoms with Crippen LogP contribution in [0, 0.1) is 0 Å². The third kappa shape index (κ3) is 2.79. The van der Waals surface area contributed by atoms with Gasteiger partial charge in [0.05, 0.1) is 19.2 Å². The average molecular weight is 265 g/mol. The minimum Gasteiger partial charge on any atom is -0.383 e. The molecular weight excluding hydrogens is 246 g/mol. The lowest BCUT2D eigenvalue weighted by molar-refractivity contribution is 0.166. The summed E-state index contributed by atoms with van der Waals surface area (Å²) < 4.78 is 5.12. The highest BCUT2D eigenvalue weighted by atomic mass is 32.2. The topological polar surface area (TPSA) is 50.9 Å². The molecule has 0 saturated carbocycles. The molecule has 4 nitrogen and oxygen atoms in total. The van der Waals surface area contributed by atoms with Crippen molar-refractivity contribution < 1.29 is 4.74 Å². The molecule has 1 heterocycles. The predicted molar refractivity (Wildman–Crippen MR) is 76.0 cm³/mol. The summed E-state index contributed by atoms with van der Waals surface area (Å²) in [5, 5.41) is 0. The van der Waals surface area contributed by atoms with E-state index in [1.54, 1.807) is 18.9 Å². The van der Waals surface area contributed by atoms with Crippen LogP contribution in [0.1, 0.15) is 11.6 Å². The number of methoxy groups -OCH3 is 1. The molecule has 0 aromatic heterocycles. The highest BCUT2D eigenvalue weighted by Gasteiger charge is 2.26. The van der Waals surface area contributed by atoms with Gasteiger partial charge in [0.25, 0.3) is 0 Å². The molecule has 0 spiro atoms. The minimum atomic E-state index is 0.246. The van der Waals surface area contributed by atoms with Gasteiger partial charge in [-0.3, -0.25) is 4.99 Å². The molecule has 0 radical (unpaired) electrons. The molecule has 5 heteroatoms. The van der Waals surface area contributed by atoms with E-state index in [1.165, 1.54) is 10.5 Å². The first kappa shape index (κ1) is 13.2. The van der Waals surface area contributed by atoms with Crippen molar-refractivity contribution in [1.29, 1.82) is 0 Å². The van der Waals surface area contributed by atoms with Gasteiger partial charge in [0.2, 0.25) is 0 Å². The van der Waals surface area contributed by atoms with Crippen molar-refractivity contribution in [2.45, 2.75) is 10.9 Å². The maximum absolute atomic E-state index is 5.92. The van der Waals surface area contributed by atoms with Crippen molar-refractivity contribution in [3.63, 3.8) is 0 Å². The van der Waals surface area contributed by atoms with Gasteiger partial charge in [0, 0.05) is 18.6 Å². The van der Waals surface area contributed by atoms with Crippen molar-refractivity contribution >= 4 is 17.7 Å². The first-order valence-corrected chi connectivity index (χ1v) is 7.18. The Balaban J connectivity index is 2.11. The third-order valence-corrected chi connectivity index (χ3v) is 3.88. The van der Waals surface area contributed by atoms with Gasteiger partial charge in [0.1, 0.15) is 0 Å². The van der Waals surface area contributed by atoms with E-state index in [9.17, 15) is 0 Å². The first-order chi connectivity index (χ1) is 8.76. The van der Waals surface area contributed by atoms with Crippen LogP contribution in [0.25, 0.3) is 0 Å². The molecular formula is C13H19N3OS. The number of benzene rings is 1. The smallest absolute Gasteiger partial charge is 0.192 e. The quantitative estimate of drug-likeness (QED) is 0.824. The minimum absolute atomic E-state index is 0.246. The van der Waals surface area contributed by atoms with E-state index in [1.807, 2.05) is 0 Å². The van der Waals surface area contributed by atoms with Crippen molar-refractivity contribution in [3.05, 3.63) is 29.8 Å². The highest BCUT2D eigenvalue weighted by molar-refractivity contribution is 7.98. The number of ether oxygens (including phenoxy) is 1. The molecule has 98 valence electrons. The summed E-state index contributed by atoms with van der Waals surface area (Å²) in [6.45, 7) is 2.17. The molecule has 1 aromatic rings. The van der Waals surface area contributed by atoms with E-state index in [4.69, 9.17) is 10.5 Å². The van der Waals surface area contributed by atoms with E-state index in [-0.39, 0.29) is 6.04 Å². The fourth-order valence-electron chi connectivity index (χ4n) is 2.10. The number of thioether (sulfide) groups is 1. The van der Waals surface area contributed by atoms with E-state index in [0.29, 0.717) is 12.6 Å². The van der Waals surface area contributed by atoms with Crippen LogP contribution >= 0.6 is 11.8 Å². The zero-order valence-electron chi connectivity index (χ0n) is 10.8. The Labute approximate surface area is 112 Å². The van der Waals surface area contributed by atoms with Gasteiger partial charge >= 0.3 is 0 Å². The molecule has 0 amide bonds. The van der Waals surface area contributed by atoms with Crippen molar-refractivity contribution in [3.8, 4) is 0 Å². The fourth-order valence-corrected chi connectivity index (χ4v) is 2.51. The fraction of sp³-hybridized carbons (Fsp3) is 0.462. The summed E-state index contributed by atoms with van der Waals surface area (Å²) in [5.74, 6) is 0.617. The van der Waals surface area contributed by atoms with Crippen molar-refractivity contribution in [2.24, 2.45) is 10.7 Å². The number of nitrogens with two attached hydrogens (primary N) is 1. The van der Waals surface area contributed by atoms with Crippen LogP contribution in [-0.2, 0) is 4.74 Å². The van der Waals surface area contributed by atoms with Crippen LogP contribution in [0.3, 0.4) is 0 Å². The van der Waals surface area contributed by atoms with E-state index >= 15 is 0 Å². The molecule has 0 aliphatic carbocycles. The lowest BCUT2D eigenvalue weighted by Crippen LogP contribution is -2.38. The Morgan fingerprint density at radius 3 is 2.78 bits per heavy atom. The van der Waals surface area contributed by atoms with Crippen LogP contribution < -0.4 is 5.73 Å². The first-order valence-electron chi connectivity index (χ1n) is 5.95. The van der Waals surface area contributed by atoms with Crippen molar-refractivity contribution in [1.82, 2.24) is 4.90 Å². The zero-order valence-corrected chi connectivity index (χ0v) is 11.6. The zero-order chi connectivity index (χ0) is 13.0. The van der Waals surface area contributed by atoms with E-state index in [2.05, 4.69) is 40.4 Å². The van der Waals surface area contributed by atoms with Gasteiger partial charge in [-0.15, -0.1) is 11.8 Å². The lowest BCUT2D eigenvalue weighted by atomic mass is 10.1. The van der Waals surface area contributed by atoms with Crippen LogP contribution in [0.5, 0.6) is 0 Å². The van der Waals surface area contributed by atoms with Gasteiger partial charge < -0.3 is 15.4 Å². The summed E-state index contributed by atoms with van der Waals surface area (Å²) in [6.07, 6.45) is 2.08. The predicted octanol–water partition coefficient (Wildman–Crippen LogP) is 1.73. The molecule has 1 atom stereocenters. The molecule has 2 N–H and O–H groups in total. The van der Waals surface area contributed by atoms with Gasteiger partial charge in [-0.25, -0.2) is 0 Å². The maximum Gasteiger partial charge on any atom is 0.192 e. The Kier molecular flexibility index (Phi) is 4.49.